The Kier molecular flexibility index (Phi) is 4.39. The lowest BCUT2D eigenvalue weighted by molar-refractivity contribution is 0.0934. The van der Waals surface area contributed by atoms with Crippen LogP contribution in [0.15, 0.2) is 12.1 Å². The molecule has 6 heteroatoms. The predicted molar refractivity (Wildman–Crippen MR) is 59.4 cm³/mol. The highest BCUT2D eigenvalue weighted by atomic mass is 19.1. The lowest BCUT2D eigenvalue weighted by Crippen LogP contribution is -2.31. The van der Waals surface area contributed by atoms with Crippen molar-refractivity contribution in [3.05, 3.63) is 29.3 Å². The molecule has 1 aromatic rings. The van der Waals surface area contributed by atoms with Crippen LogP contribution in [0.2, 0.25) is 0 Å². The van der Waals surface area contributed by atoms with Crippen molar-refractivity contribution in [2.45, 2.75) is 6.92 Å². The van der Waals surface area contributed by atoms with Crippen LogP contribution in [-0.2, 0) is 0 Å². The van der Waals surface area contributed by atoms with Crippen molar-refractivity contribution in [2.75, 3.05) is 18.9 Å². The Labute approximate surface area is 97.4 Å². The SMILES string of the molecule is CC(CO)CNC(=O)c1c(F)ccc(N)c1F. The molecule has 0 heterocycles. The minimum Gasteiger partial charge on any atom is -0.396 e. The first-order valence-corrected chi connectivity index (χ1v) is 5.10. The van der Waals surface area contributed by atoms with Gasteiger partial charge in [-0.1, -0.05) is 6.92 Å². The first-order valence-electron chi connectivity index (χ1n) is 5.10. The maximum absolute atomic E-state index is 13.4. The molecule has 0 bridgehead atoms. The van der Waals surface area contributed by atoms with Crippen molar-refractivity contribution in [3.63, 3.8) is 0 Å². The number of aliphatic hydroxyl groups is 1. The molecule has 94 valence electrons. The van der Waals surface area contributed by atoms with E-state index in [4.69, 9.17) is 10.8 Å². The van der Waals surface area contributed by atoms with Gasteiger partial charge in [-0.05, 0) is 18.1 Å². The standard InChI is InChI=1S/C11H14F2N2O2/c1-6(5-16)4-15-11(17)9-7(12)2-3-8(14)10(9)13/h2-3,6,16H,4-5,14H2,1H3,(H,15,17). The van der Waals surface area contributed by atoms with E-state index in [2.05, 4.69) is 5.32 Å². The van der Waals surface area contributed by atoms with Gasteiger partial charge in [0.25, 0.3) is 5.91 Å². The zero-order valence-corrected chi connectivity index (χ0v) is 9.34. The number of halogens is 2. The average molecular weight is 244 g/mol. The van der Waals surface area contributed by atoms with Gasteiger partial charge in [-0.25, -0.2) is 8.78 Å². The van der Waals surface area contributed by atoms with Gasteiger partial charge >= 0.3 is 0 Å². The second-order valence-electron chi connectivity index (χ2n) is 3.82. The molecule has 1 unspecified atom stereocenters. The Morgan fingerprint density at radius 1 is 1.53 bits per heavy atom. The van der Waals surface area contributed by atoms with E-state index in [1.54, 1.807) is 6.92 Å². The number of carbonyl (C=O) groups is 1. The molecule has 4 N–H and O–H groups in total. The first-order chi connectivity index (χ1) is 7.97. The summed E-state index contributed by atoms with van der Waals surface area (Å²) in [4.78, 5) is 11.5. The number of anilines is 1. The summed E-state index contributed by atoms with van der Waals surface area (Å²) < 4.78 is 26.7. The highest BCUT2D eigenvalue weighted by Crippen LogP contribution is 2.18. The van der Waals surface area contributed by atoms with Crippen LogP contribution in [0.1, 0.15) is 17.3 Å². The molecule has 0 fully saturated rings. The van der Waals surface area contributed by atoms with E-state index in [-0.39, 0.29) is 24.8 Å². The molecule has 0 aliphatic heterocycles. The highest BCUT2D eigenvalue weighted by Gasteiger charge is 2.19. The monoisotopic (exact) mass is 244 g/mol. The molecule has 0 aliphatic carbocycles. The lowest BCUT2D eigenvalue weighted by Gasteiger charge is -2.11. The van der Waals surface area contributed by atoms with Crippen molar-refractivity contribution in [3.8, 4) is 0 Å². The van der Waals surface area contributed by atoms with E-state index >= 15 is 0 Å². The number of hydrogen-bond acceptors (Lipinski definition) is 3. The largest absolute Gasteiger partial charge is 0.396 e. The Morgan fingerprint density at radius 2 is 2.18 bits per heavy atom. The molecule has 4 nitrogen and oxygen atoms in total. The molecule has 0 aromatic heterocycles. The van der Waals surface area contributed by atoms with Crippen molar-refractivity contribution in [1.82, 2.24) is 5.32 Å². The van der Waals surface area contributed by atoms with Crippen LogP contribution in [0.4, 0.5) is 14.5 Å². The fourth-order valence-corrected chi connectivity index (χ4v) is 1.20. The number of benzene rings is 1. The zero-order chi connectivity index (χ0) is 13.0. The summed E-state index contributed by atoms with van der Waals surface area (Å²) in [7, 11) is 0. The highest BCUT2D eigenvalue weighted by molar-refractivity contribution is 5.95. The van der Waals surface area contributed by atoms with Gasteiger partial charge in [-0.15, -0.1) is 0 Å². The summed E-state index contributed by atoms with van der Waals surface area (Å²) >= 11 is 0. The van der Waals surface area contributed by atoms with Crippen LogP contribution in [0, 0.1) is 17.6 Å². The van der Waals surface area contributed by atoms with Crippen LogP contribution in [-0.4, -0.2) is 24.2 Å². The van der Waals surface area contributed by atoms with Gasteiger partial charge in [0.2, 0.25) is 0 Å². The Hall–Kier alpha value is -1.69. The van der Waals surface area contributed by atoms with Gasteiger partial charge in [0.15, 0.2) is 5.82 Å². The topological polar surface area (TPSA) is 75.3 Å². The van der Waals surface area contributed by atoms with E-state index in [1.165, 1.54) is 0 Å². The number of nitrogen functional groups attached to an aromatic ring is 1. The zero-order valence-electron chi connectivity index (χ0n) is 9.34. The molecule has 0 saturated heterocycles. The molecule has 0 radical (unpaired) electrons. The van der Waals surface area contributed by atoms with Crippen molar-refractivity contribution >= 4 is 11.6 Å². The normalized spacial score (nSPS) is 12.2. The fraction of sp³-hybridized carbons (Fsp3) is 0.364. The van der Waals surface area contributed by atoms with E-state index in [0.717, 1.165) is 12.1 Å². The van der Waals surface area contributed by atoms with Crippen LogP contribution in [0.25, 0.3) is 0 Å². The van der Waals surface area contributed by atoms with Gasteiger partial charge in [0.05, 0.1) is 5.69 Å². The van der Waals surface area contributed by atoms with Gasteiger partial charge in [-0.2, -0.15) is 0 Å². The molecule has 1 atom stereocenters. The van der Waals surface area contributed by atoms with Crippen molar-refractivity contribution < 1.29 is 18.7 Å². The Morgan fingerprint density at radius 3 is 2.76 bits per heavy atom. The van der Waals surface area contributed by atoms with Gasteiger partial charge in [0.1, 0.15) is 11.4 Å². The summed E-state index contributed by atoms with van der Waals surface area (Å²) in [6, 6.07) is 1.99. The number of amides is 1. The third-order valence-electron chi connectivity index (χ3n) is 2.27. The van der Waals surface area contributed by atoms with E-state index < -0.39 is 23.1 Å². The van der Waals surface area contributed by atoms with Crippen LogP contribution < -0.4 is 11.1 Å². The summed E-state index contributed by atoms with van der Waals surface area (Å²) in [6.45, 7) is 1.69. The lowest BCUT2D eigenvalue weighted by atomic mass is 10.1. The summed E-state index contributed by atoms with van der Waals surface area (Å²) in [5, 5.41) is 11.1. The van der Waals surface area contributed by atoms with Crippen LogP contribution >= 0.6 is 0 Å². The van der Waals surface area contributed by atoms with Crippen LogP contribution in [0.3, 0.4) is 0 Å². The summed E-state index contributed by atoms with van der Waals surface area (Å²) in [5.74, 6) is -3.11. The maximum Gasteiger partial charge on any atom is 0.257 e. The number of carbonyl (C=O) groups excluding carboxylic acids is 1. The first kappa shape index (κ1) is 13.4. The molecule has 0 aliphatic rings. The quantitative estimate of drug-likeness (QED) is 0.689. The number of aliphatic hydroxyl groups excluding tert-OH is 1. The minimum absolute atomic E-state index is 0.123. The molecule has 0 spiro atoms. The average Bonchev–Trinajstić information content (AvgIpc) is 2.31. The predicted octanol–water partition coefficient (Wildman–Crippen LogP) is 0.905. The molecule has 17 heavy (non-hydrogen) atoms. The van der Waals surface area contributed by atoms with Gasteiger partial charge in [0, 0.05) is 13.2 Å². The second-order valence-corrected chi connectivity index (χ2v) is 3.82. The third-order valence-corrected chi connectivity index (χ3v) is 2.27. The third kappa shape index (κ3) is 3.13. The Bertz CT molecular complexity index is 424. The number of nitrogens with one attached hydrogen (secondary N) is 1. The minimum atomic E-state index is -1.07. The van der Waals surface area contributed by atoms with Crippen LogP contribution in [0.5, 0.6) is 0 Å². The molecule has 0 saturated carbocycles. The molecular weight excluding hydrogens is 230 g/mol. The number of hydrogen-bond donors (Lipinski definition) is 3. The van der Waals surface area contributed by atoms with Gasteiger partial charge in [-0.3, -0.25) is 4.79 Å². The van der Waals surface area contributed by atoms with Crippen molar-refractivity contribution in [2.24, 2.45) is 5.92 Å². The molecule has 1 rings (SSSR count). The number of rotatable bonds is 4. The van der Waals surface area contributed by atoms with E-state index in [9.17, 15) is 13.6 Å². The maximum atomic E-state index is 13.4. The molecule has 1 aromatic carbocycles. The van der Waals surface area contributed by atoms with E-state index in [1.807, 2.05) is 0 Å². The molecular formula is C11H14F2N2O2. The van der Waals surface area contributed by atoms with E-state index in [0.29, 0.717) is 0 Å². The van der Waals surface area contributed by atoms with Crippen molar-refractivity contribution in [1.29, 1.82) is 0 Å². The Balaban J connectivity index is 2.86. The second kappa shape index (κ2) is 5.58. The van der Waals surface area contributed by atoms with Gasteiger partial charge < -0.3 is 16.2 Å². The summed E-state index contributed by atoms with van der Waals surface area (Å²) in [5.41, 5.74) is 4.26. The number of nitrogens with two attached hydrogens (primary N) is 1. The summed E-state index contributed by atoms with van der Waals surface area (Å²) in [6.07, 6.45) is 0. The fourth-order valence-electron chi connectivity index (χ4n) is 1.20. The molecule has 1 amide bonds. The smallest absolute Gasteiger partial charge is 0.257 e.